The molecular formula is C14H24N3O4+. The van der Waals surface area contributed by atoms with Crippen LogP contribution in [0.15, 0.2) is 18.2 Å². The second-order valence-corrected chi connectivity index (χ2v) is 4.93. The third-order valence-electron chi connectivity index (χ3n) is 3.41. The molecule has 0 aliphatic rings. The van der Waals surface area contributed by atoms with Crippen molar-refractivity contribution in [1.82, 2.24) is 4.65 Å². The number of hydrogen-bond acceptors (Lipinski definition) is 5. The molecule has 0 amide bonds. The largest absolute Gasteiger partial charge is 0.396 e. The Morgan fingerprint density at radius 3 is 2.62 bits per heavy atom. The van der Waals surface area contributed by atoms with Gasteiger partial charge in [-0.2, -0.15) is 0 Å². The van der Waals surface area contributed by atoms with Gasteiger partial charge < -0.3 is 10.4 Å². The average molecular weight is 298 g/mol. The monoisotopic (exact) mass is 298 g/mol. The Morgan fingerprint density at radius 1 is 1.38 bits per heavy atom. The Hall–Kier alpha value is -1.70. The number of aliphatic hydroxyl groups excluding tert-OH is 1. The van der Waals surface area contributed by atoms with Gasteiger partial charge in [0, 0.05) is 37.4 Å². The number of nitrogens with one attached hydrogen (secondary N) is 1. The summed E-state index contributed by atoms with van der Waals surface area (Å²) in [6.07, 6.45) is 1.29. The van der Waals surface area contributed by atoms with Crippen LogP contribution in [0.25, 0.3) is 0 Å². The number of aliphatic hydroxyl groups is 1. The zero-order valence-electron chi connectivity index (χ0n) is 12.6. The van der Waals surface area contributed by atoms with Gasteiger partial charge in [-0.3, -0.25) is 10.1 Å². The second-order valence-electron chi connectivity index (χ2n) is 4.93. The number of rotatable bonds is 9. The molecule has 0 saturated carbocycles. The minimum atomic E-state index is -0.551. The van der Waals surface area contributed by atoms with Crippen molar-refractivity contribution in [2.45, 2.75) is 26.7 Å². The highest BCUT2D eigenvalue weighted by Crippen LogP contribution is 2.34. The van der Waals surface area contributed by atoms with Crippen molar-refractivity contribution < 1.29 is 15.2 Å². The standard InChI is InChI=1S/C14H24N3O4/c1-3-8-15-12-6-7-14(13(11-12)16(19)20)17(21,4-2)9-5-10-18/h6-7,11,15,18,21H,3-5,8-10H2,1-2H3/q+1. The van der Waals surface area contributed by atoms with Crippen molar-refractivity contribution in [2.24, 2.45) is 0 Å². The maximum atomic E-state index is 11.3. The summed E-state index contributed by atoms with van der Waals surface area (Å²) < 4.78 is -0.551. The number of nitro groups is 1. The Bertz CT molecular complexity index is 481. The molecule has 21 heavy (non-hydrogen) atoms. The minimum Gasteiger partial charge on any atom is -0.396 e. The van der Waals surface area contributed by atoms with Crippen molar-refractivity contribution in [3.05, 3.63) is 28.3 Å². The van der Waals surface area contributed by atoms with Crippen LogP contribution in [-0.4, -0.2) is 41.5 Å². The van der Waals surface area contributed by atoms with Crippen molar-refractivity contribution in [3.8, 4) is 0 Å². The Kier molecular flexibility index (Phi) is 6.54. The third kappa shape index (κ3) is 4.38. The van der Waals surface area contributed by atoms with E-state index in [-0.39, 0.29) is 24.5 Å². The van der Waals surface area contributed by atoms with Gasteiger partial charge >= 0.3 is 5.69 Å². The van der Waals surface area contributed by atoms with Gasteiger partial charge in [0.1, 0.15) is 13.1 Å². The summed E-state index contributed by atoms with van der Waals surface area (Å²) in [6, 6.07) is 4.76. The summed E-state index contributed by atoms with van der Waals surface area (Å²) in [5.41, 5.74) is 0.800. The molecule has 0 saturated heterocycles. The Labute approximate surface area is 124 Å². The zero-order valence-corrected chi connectivity index (χ0v) is 12.6. The van der Waals surface area contributed by atoms with Gasteiger partial charge in [0.05, 0.1) is 4.92 Å². The lowest BCUT2D eigenvalue weighted by Gasteiger charge is -2.27. The lowest BCUT2D eigenvalue weighted by Crippen LogP contribution is -2.47. The van der Waals surface area contributed by atoms with Crippen LogP contribution >= 0.6 is 0 Å². The molecule has 3 N–H and O–H groups in total. The van der Waals surface area contributed by atoms with E-state index in [1.165, 1.54) is 6.07 Å². The van der Waals surface area contributed by atoms with Crippen LogP contribution in [-0.2, 0) is 0 Å². The summed E-state index contributed by atoms with van der Waals surface area (Å²) in [5.74, 6) is 0. The molecule has 0 bridgehead atoms. The quantitative estimate of drug-likeness (QED) is 0.370. The molecule has 0 aliphatic heterocycles. The van der Waals surface area contributed by atoms with Crippen molar-refractivity contribution in [3.63, 3.8) is 0 Å². The lowest BCUT2D eigenvalue weighted by molar-refractivity contribution is -0.385. The molecule has 118 valence electrons. The van der Waals surface area contributed by atoms with Gasteiger partial charge in [0.25, 0.3) is 0 Å². The number of nitrogens with zero attached hydrogens (tertiary/aromatic N) is 2. The molecule has 0 aromatic heterocycles. The maximum Gasteiger partial charge on any atom is 0.334 e. The first-order valence-corrected chi connectivity index (χ1v) is 7.22. The van der Waals surface area contributed by atoms with Crippen molar-refractivity contribution in [2.75, 3.05) is 31.6 Å². The van der Waals surface area contributed by atoms with E-state index in [0.717, 1.165) is 13.0 Å². The molecule has 1 aromatic carbocycles. The highest BCUT2D eigenvalue weighted by Gasteiger charge is 2.34. The number of quaternary nitrogens is 1. The fourth-order valence-electron chi connectivity index (χ4n) is 2.18. The molecule has 1 unspecified atom stereocenters. The van der Waals surface area contributed by atoms with Crippen LogP contribution in [0.4, 0.5) is 17.1 Å². The van der Waals surface area contributed by atoms with Crippen LogP contribution in [0.3, 0.4) is 0 Å². The molecule has 1 aromatic rings. The summed E-state index contributed by atoms with van der Waals surface area (Å²) in [7, 11) is 0. The van der Waals surface area contributed by atoms with Gasteiger partial charge in [-0.15, -0.1) is 4.65 Å². The van der Waals surface area contributed by atoms with Crippen LogP contribution in [0, 0.1) is 10.1 Å². The van der Waals surface area contributed by atoms with E-state index in [1.54, 1.807) is 19.1 Å². The molecular weight excluding hydrogens is 274 g/mol. The maximum absolute atomic E-state index is 11.3. The summed E-state index contributed by atoms with van der Waals surface area (Å²) in [4.78, 5) is 10.8. The van der Waals surface area contributed by atoms with E-state index in [9.17, 15) is 15.3 Å². The number of nitro benzene ring substituents is 1. The lowest BCUT2D eigenvalue weighted by atomic mass is 10.2. The summed E-state index contributed by atoms with van der Waals surface area (Å²) >= 11 is 0. The van der Waals surface area contributed by atoms with E-state index in [4.69, 9.17) is 5.11 Å². The fraction of sp³-hybridized carbons (Fsp3) is 0.571. The number of benzene rings is 1. The highest BCUT2D eigenvalue weighted by atomic mass is 16.6. The van der Waals surface area contributed by atoms with Gasteiger partial charge in [-0.05, 0) is 19.4 Å². The summed E-state index contributed by atoms with van der Waals surface area (Å²) in [6.45, 7) is 4.96. The molecule has 7 nitrogen and oxygen atoms in total. The first-order chi connectivity index (χ1) is 9.98. The minimum absolute atomic E-state index is 0.0650. The normalized spacial score (nSPS) is 13.7. The Balaban J connectivity index is 3.17. The van der Waals surface area contributed by atoms with Crippen molar-refractivity contribution in [1.29, 1.82) is 0 Å². The predicted molar refractivity (Wildman–Crippen MR) is 82.6 cm³/mol. The molecule has 0 spiro atoms. The van der Waals surface area contributed by atoms with Crippen LogP contribution in [0.1, 0.15) is 26.7 Å². The number of hydroxylamine groups is 2. The highest BCUT2D eigenvalue weighted by molar-refractivity contribution is 5.66. The molecule has 7 heteroatoms. The average Bonchev–Trinajstić information content (AvgIpc) is 2.50. The SMILES string of the molecule is CCCNc1ccc([N+](O)(CC)CCCO)c([N+](=O)[O-])c1. The third-order valence-corrected chi connectivity index (χ3v) is 3.41. The topological polar surface area (TPSA) is 95.6 Å². The van der Waals surface area contributed by atoms with E-state index in [1.807, 2.05) is 6.92 Å². The zero-order chi connectivity index (χ0) is 15.9. The van der Waals surface area contributed by atoms with E-state index < -0.39 is 9.57 Å². The fourth-order valence-corrected chi connectivity index (χ4v) is 2.18. The molecule has 1 atom stereocenters. The smallest absolute Gasteiger partial charge is 0.334 e. The first kappa shape index (κ1) is 17.4. The van der Waals surface area contributed by atoms with Gasteiger partial charge in [0.15, 0.2) is 0 Å². The van der Waals surface area contributed by atoms with Gasteiger partial charge in [-0.25, -0.2) is 5.21 Å². The van der Waals surface area contributed by atoms with E-state index in [0.29, 0.717) is 18.7 Å². The van der Waals surface area contributed by atoms with E-state index >= 15 is 0 Å². The van der Waals surface area contributed by atoms with Gasteiger partial charge in [0.2, 0.25) is 5.69 Å². The van der Waals surface area contributed by atoms with E-state index in [2.05, 4.69) is 5.32 Å². The predicted octanol–water partition coefficient (Wildman–Crippen LogP) is 2.52. The second kappa shape index (κ2) is 7.92. The first-order valence-electron chi connectivity index (χ1n) is 7.22. The van der Waals surface area contributed by atoms with Crippen molar-refractivity contribution >= 4 is 17.1 Å². The summed E-state index contributed by atoms with van der Waals surface area (Å²) in [5, 5.41) is 33.9. The molecule has 0 aliphatic carbocycles. The Morgan fingerprint density at radius 2 is 2.10 bits per heavy atom. The van der Waals surface area contributed by atoms with Crippen LogP contribution in [0.5, 0.6) is 0 Å². The molecule has 0 fully saturated rings. The van der Waals surface area contributed by atoms with Crippen LogP contribution in [0.2, 0.25) is 0 Å². The number of hydrogen-bond donors (Lipinski definition) is 3. The van der Waals surface area contributed by atoms with Gasteiger partial charge in [-0.1, -0.05) is 6.92 Å². The molecule has 1 rings (SSSR count). The molecule has 0 heterocycles. The van der Waals surface area contributed by atoms with Crippen LogP contribution < -0.4 is 9.96 Å². The number of anilines is 1. The molecule has 0 radical (unpaired) electrons.